The summed E-state index contributed by atoms with van der Waals surface area (Å²) in [4.78, 5) is 13.0. The lowest BCUT2D eigenvalue weighted by Gasteiger charge is -2.16. The summed E-state index contributed by atoms with van der Waals surface area (Å²) in [6.45, 7) is 2.91. The van der Waals surface area contributed by atoms with E-state index in [2.05, 4.69) is 28.0 Å². The van der Waals surface area contributed by atoms with Crippen LogP contribution in [-0.2, 0) is 0 Å². The van der Waals surface area contributed by atoms with Crippen molar-refractivity contribution in [3.63, 3.8) is 0 Å². The molecule has 2 heterocycles. The number of hydrogen-bond donors (Lipinski definition) is 0. The SMILES string of the molecule is CN1CCC(c2cnc(N(C)CCC#N)nc2)C1. The van der Waals surface area contributed by atoms with Gasteiger partial charge < -0.3 is 9.80 Å². The Hall–Kier alpha value is -1.67. The third-order valence-corrected chi connectivity index (χ3v) is 3.42. The molecule has 2 rings (SSSR count). The van der Waals surface area contributed by atoms with Gasteiger partial charge in [-0.2, -0.15) is 5.26 Å². The molecule has 1 aliphatic rings. The van der Waals surface area contributed by atoms with Gasteiger partial charge in [-0.1, -0.05) is 0 Å². The lowest BCUT2D eigenvalue weighted by Crippen LogP contribution is -2.21. The fourth-order valence-corrected chi connectivity index (χ4v) is 2.26. The maximum absolute atomic E-state index is 8.55. The van der Waals surface area contributed by atoms with Gasteiger partial charge in [-0.3, -0.25) is 0 Å². The van der Waals surface area contributed by atoms with E-state index >= 15 is 0 Å². The molecule has 1 aliphatic heterocycles. The summed E-state index contributed by atoms with van der Waals surface area (Å²) in [5, 5.41) is 8.55. The van der Waals surface area contributed by atoms with Crippen molar-refractivity contribution < 1.29 is 0 Å². The Morgan fingerprint density at radius 2 is 2.22 bits per heavy atom. The molecule has 1 aromatic rings. The third-order valence-electron chi connectivity index (χ3n) is 3.42. The van der Waals surface area contributed by atoms with Crippen molar-refractivity contribution in [2.45, 2.75) is 18.8 Å². The zero-order valence-corrected chi connectivity index (χ0v) is 11.0. The minimum atomic E-state index is 0.495. The number of nitriles is 1. The zero-order valence-electron chi connectivity index (χ0n) is 11.0. The average Bonchev–Trinajstić information content (AvgIpc) is 2.83. The van der Waals surface area contributed by atoms with E-state index in [1.54, 1.807) is 0 Å². The van der Waals surface area contributed by atoms with E-state index in [4.69, 9.17) is 5.26 Å². The Balaban J connectivity index is 1.99. The maximum Gasteiger partial charge on any atom is 0.225 e. The number of likely N-dealkylation sites (N-methyl/N-ethyl adjacent to an activating group) is 1. The summed E-state index contributed by atoms with van der Waals surface area (Å²) in [6, 6.07) is 2.13. The topological polar surface area (TPSA) is 56.1 Å². The second kappa shape index (κ2) is 5.78. The second-order valence-corrected chi connectivity index (χ2v) is 4.89. The highest BCUT2D eigenvalue weighted by Gasteiger charge is 2.21. The average molecular weight is 245 g/mol. The van der Waals surface area contributed by atoms with E-state index in [9.17, 15) is 0 Å². The highest BCUT2D eigenvalue weighted by Crippen LogP contribution is 2.25. The summed E-state index contributed by atoms with van der Waals surface area (Å²) in [5.74, 6) is 1.26. The molecular formula is C13H19N5. The molecule has 1 fully saturated rings. The fourth-order valence-electron chi connectivity index (χ4n) is 2.26. The molecule has 5 heteroatoms. The smallest absolute Gasteiger partial charge is 0.225 e. The Morgan fingerprint density at radius 1 is 1.50 bits per heavy atom. The predicted octanol–water partition coefficient (Wildman–Crippen LogP) is 1.25. The molecule has 0 aliphatic carbocycles. The summed E-state index contributed by atoms with van der Waals surface area (Å²) >= 11 is 0. The van der Waals surface area contributed by atoms with Crippen LogP contribution in [0.2, 0.25) is 0 Å². The zero-order chi connectivity index (χ0) is 13.0. The maximum atomic E-state index is 8.55. The molecule has 0 aromatic carbocycles. The van der Waals surface area contributed by atoms with Crippen LogP contribution in [0.5, 0.6) is 0 Å². The fraction of sp³-hybridized carbons (Fsp3) is 0.615. The first-order valence-electron chi connectivity index (χ1n) is 6.29. The molecule has 5 nitrogen and oxygen atoms in total. The van der Waals surface area contributed by atoms with Gasteiger partial charge in [-0.05, 0) is 25.6 Å². The third kappa shape index (κ3) is 2.96. The Kier molecular flexibility index (Phi) is 4.11. The summed E-state index contributed by atoms with van der Waals surface area (Å²) in [6.07, 6.45) is 5.53. The highest BCUT2D eigenvalue weighted by atomic mass is 15.2. The van der Waals surface area contributed by atoms with Crippen molar-refractivity contribution in [2.24, 2.45) is 0 Å². The lowest BCUT2D eigenvalue weighted by atomic mass is 10.0. The van der Waals surface area contributed by atoms with Crippen molar-refractivity contribution in [2.75, 3.05) is 38.6 Å². The lowest BCUT2D eigenvalue weighted by molar-refractivity contribution is 0.411. The van der Waals surface area contributed by atoms with Crippen LogP contribution in [0.15, 0.2) is 12.4 Å². The van der Waals surface area contributed by atoms with Crippen LogP contribution in [0.25, 0.3) is 0 Å². The number of likely N-dealkylation sites (tertiary alicyclic amines) is 1. The van der Waals surface area contributed by atoms with Crippen LogP contribution < -0.4 is 4.90 Å². The van der Waals surface area contributed by atoms with Gasteiger partial charge in [0, 0.05) is 38.4 Å². The van der Waals surface area contributed by atoms with Crippen molar-refractivity contribution in [3.05, 3.63) is 18.0 Å². The van der Waals surface area contributed by atoms with Crippen LogP contribution in [0.3, 0.4) is 0 Å². The predicted molar refractivity (Wildman–Crippen MR) is 70.4 cm³/mol. The first-order valence-corrected chi connectivity index (χ1v) is 6.29. The highest BCUT2D eigenvalue weighted by molar-refractivity contribution is 5.29. The molecule has 1 unspecified atom stereocenters. The number of hydrogen-bond acceptors (Lipinski definition) is 5. The second-order valence-electron chi connectivity index (χ2n) is 4.89. The molecule has 18 heavy (non-hydrogen) atoms. The van der Waals surface area contributed by atoms with Gasteiger partial charge in [0.25, 0.3) is 0 Å². The molecule has 0 bridgehead atoms. The van der Waals surface area contributed by atoms with Gasteiger partial charge in [-0.15, -0.1) is 0 Å². The normalized spacial score (nSPS) is 19.7. The largest absolute Gasteiger partial charge is 0.343 e. The van der Waals surface area contributed by atoms with Gasteiger partial charge in [0.15, 0.2) is 0 Å². The molecule has 0 N–H and O–H groups in total. The molecule has 1 saturated heterocycles. The van der Waals surface area contributed by atoms with Crippen LogP contribution in [-0.4, -0.2) is 48.6 Å². The molecule has 96 valence electrons. The minimum absolute atomic E-state index is 0.495. The van der Waals surface area contributed by atoms with E-state index in [1.165, 1.54) is 12.0 Å². The summed E-state index contributed by atoms with van der Waals surface area (Å²) in [5.41, 5.74) is 1.22. The quantitative estimate of drug-likeness (QED) is 0.799. The van der Waals surface area contributed by atoms with Crippen molar-refractivity contribution in [1.29, 1.82) is 5.26 Å². The molecular weight excluding hydrogens is 226 g/mol. The van der Waals surface area contributed by atoms with Gasteiger partial charge in [0.1, 0.15) is 0 Å². The van der Waals surface area contributed by atoms with Crippen molar-refractivity contribution >= 4 is 5.95 Å². The van der Waals surface area contributed by atoms with E-state index in [1.807, 2.05) is 24.3 Å². The number of nitrogens with zero attached hydrogens (tertiary/aromatic N) is 5. The first-order chi connectivity index (χ1) is 8.70. The number of anilines is 1. The molecule has 1 atom stereocenters. The monoisotopic (exact) mass is 245 g/mol. The van der Waals surface area contributed by atoms with Crippen LogP contribution in [0.1, 0.15) is 24.3 Å². The Labute approximate surface area is 108 Å². The minimum Gasteiger partial charge on any atom is -0.343 e. The van der Waals surface area contributed by atoms with Crippen LogP contribution >= 0.6 is 0 Å². The Bertz CT molecular complexity index is 422. The molecule has 0 spiro atoms. The Morgan fingerprint density at radius 3 is 2.78 bits per heavy atom. The van der Waals surface area contributed by atoms with Crippen LogP contribution in [0, 0.1) is 11.3 Å². The van der Waals surface area contributed by atoms with Gasteiger partial charge in [-0.25, -0.2) is 9.97 Å². The van der Waals surface area contributed by atoms with Gasteiger partial charge in [0.2, 0.25) is 5.95 Å². The standard InChI is InChI=1S/C13H19N5/c1-17-7-4-11(10-17)12-8-15-13(16-9-12)18(2)6-3-5-14/h8-9,11H,3-4,6-7,10H2,1-2H3. The molecule has 0 saturated carbocycles. The van der Waals surface area contributed by atoms with Gasteiger partial charge >= 0.3 is 0 Å². The van der Waals surface area contributed by atoms with Gasteiger partial charge in [0.05, 0.1) is 12.5 Å². The molecule has 0 radical (unpaired) electrons. The summed E-state index contributed by atoms with van der Waals surface area (Å²) < 4.78 is 0. The van der Waals surface area contributed by atoms with Crippen molar-refractivity contribution in [3.8, 4) is 6.07 Å². The van der Waals surface area contributed by atoms with Crippen molar-refractivity contribution in [1.82, 2.24) is 14.9 Å². The van der Waals surface area contributed by atoms with E-state index < -0.39 is 0 Å². The van der Waals surface area contributed by atoms with E-state index in [0.29, 0.717) is 24.8 Å². The number of aromatic nitrogens is 2. The summed E-state index contributed by atoms with van der Waals surface area (Å²) in [7, 11) is 4.06. The number of rotatable bonds is 4. The first kappa shape index (κ1) is 12.8. The molecule has 1 aromatic heterocycles. The van der Waals surface area contributed by atoms with E-state index in [0.717, 1.165) is 13.1 Å². The van der Waals surface area contributed by atoms with E-state index in [-0.39, 0.29) is 0 Å². The van der Waals surface area contributed by atoms with Crippen LogP contribution in [0.4, 0.5) is 5.95 Å². The molecule has 0 amide bonds.